The summed E-state index contributed by atoms with van der Waals surface area (Å²) in [6.07, 6.45) is 12.2. The average Bonchev–Trinajstić information content (AvgIpc) is 1.63. The molecule has 10 aromatic carbocycles. The first-order chi connectivity index (χ1) is 60.8. The van der Waals surface area contributed by atoms with Gasteiger partial charge in [0.05, 0.1) is 96.6 Å². The number of aryl methyl sites for hydroxylation is 2. The van der Waals surface area contributed by atoms with Gasteiger partial charge in [0.15, 0.2) is 23.0 Å². The zero-order chi connectivity index (χ0) is 86.1. The van der Waals surface area contributed by atoms with Gasteiger partial charge in [-0.2, -0.15) is 0 Å². The molecule has 0 aliphatic carbocycles. The number of carbonyl (C=O) groups excluding carboxylic acids is 7. The Balaban J connectivity index is 0.000000171. The van der Waals surface area contributed by atoms with E-state index in [4.69, 9.17) is 67.8 Å². The van der Waals surface area contributed by atoms with Gasteiger partial charge in [0, 0.05) is 123 Å². The Labute approximate surface area is 719 Å². The number of aliphatic imine (C=N–C) groups is 4. The fourth-order valence-electron chi connectivity index (χ4n) is 17.3. The Morgan fingerprint density at radius 1 is 0.368 bits per heavy atom. The number of methoxy groups -OCH3 is 2. The number of unbranched alkanes of at least 4 members (excludes halogenated alkanes) is 2. The van der Waals surface area contributed by atoms with Gasteiger partial charge in [-0.1, -0.05) is 72.8 Å². The lowest BCUT2D eigenvalue weighted by molar-refractivity contribution is -0.197. The number of hydrogen-bond donors (Lipinski definition) is 1. The van der Waals surface area contributed by atoms with Gasteiger partial charge in [0.1, 0.15) is 49.4 Å². The predicted molar refractivity (Wildman–Crippen MR) is 468 cm³/mol. The molecule has 0 bridgehead atoms. The molecular weight excluding hydrogens is 1590 g/mol. The Morgan fingerprint density at radius 2 is 0.680 bits per heavy atom. The van der Waals surface area contributed by atoms with Crippen molar-refractivity contribution in [1.29, 1.82) is 0 Å². The number of nitrogens with zero attached hydrogens (tertiary/aromatic N) is 9. The van der Waals surface area contributed by atoms with Crippen molar-refractivity contribution >= 4 is 118 Å². The monoisotopic (exact) mass is 1680 g/mol. The van der Waals surface area contributed by atoms with E-state index >= 15 is 0 Å². The Bertz CT molecular complexity index is 6180. The number of carboxylic acid groups (broad SMARTS) is 1. The van der Waals surface area contributed by atoms with E-state index in [-0.39, 0.29) is 107 Å². The molecular formula is C98H87N9O18. The standard InChI is InChI=1S/C51H45N5O10.C47H42N4O8/c1-30-17-38-40(52-26-35-21-33-9-3-5-11-42(33)54(35)50(38)60)24-44(30)64-28-31-18-32(20-37(19-31)63-16-8-7-13-49(59)66-56-47(57)14-15-48(56)58)29-65-46-25-41-39(23-45(46)62-2)51(61)55-36(27-53-41)22-34-10-4-6-12-43(34)55;1-28-15-36-38(48-24-33-19-31-9-3-5-11-40(31)50(33)46(36)54)22-42(28)58-26-29-16-30(18-35(17-29)57-14-8-7-13-45(52)53)27-59-44-23-39-37(21-43(44)56-2)47(55)51-34(25-49-39)20-32-10-4-6-12-41(32)51/h3-6,9-12,17-20,23-27,35-36H,7-8,13-16,21-22,28-29H2,1-2H3;3-6,9-12,15-18,21-25,33-34H,7-8,13-14,19-20,26-27H2,1-2H3,(H,52,53)/t35-,36-;33-,34-/m00/s1. The van der Waals surface area contributed by atoms with Crippen LogP contribution in [0.15, 0.2) is 202 Å². The number of hydroxylamine groups is 2. The fraction of sp³-hybridized carbons (Fsp3) is 0.265. The Kier molecular flexibility index (Phi) is 22.7. The van der Waals surface area contributed by atoms with Crippen molar-refractivity contribution in [3.63, 3.8) is 0 Å². The summed E-state index contributed by atoms with van der Waals surface area (Å²) < 4.78 is 49.4. The number of amides is 6. The van der Waals surface area contributed by atoms with Crippen LogP contribution in [-0.2, 0) is 76.1 Å². The molecule has 1 fully saturated rings. The number of benzene rings is 10. The van der Waals surface area contributed by atoms with Gasteiger partial charge in [0.2, 0.25) is 0 Å². The molecule has 9 heterocycles. The molecule has 10 aromatic rings. The highest BCUT2D eigenvalue weighted by Crippen LogP contribution is 2.47. The number of anilines is 4. The fourth-order valence-corrected chi connectivity index (χ4v) is 17.3. The van der Waals surface area contributed by atoms with E-state index in [1.54, 1.807) is 40.1 Å². The number of para-hydroxylation sites is 4. The van der Waals surface area contributed by atoms with Gasteiger partial charge < -0.3 is 47.8 Å². The molecule has 0 aromatic heterocycles. The van der Waals surface area contributed by atoms with Crippen LogP contribution in [0.25, 0.3) is 0 Å². The highest BCUT2D eigenvalue weighted by atomic mass is 16.7. The van der Waals surface area contributed by atoms with Crippen molar-refractivity contribution in [3.05, 3.63) is 260 Å². The maximum absolute atomic E-state index is 14.0. The molecule has 27 nitrogen and oxygen atoms in total. The van der Waals surface area contributed by atoms with Crippen molar-refractivity contribution in [1.82, 2.24) is 5.06 Å². The Hall–Kier alpha value is -14.8. The van der Waals surface area contributed by atoms with E-state index in [0.29, 0.717) is 154 Å². The van der Waals surface area contributed by atoms with E-state index in [2.05, 4.69) is 6.07 Å². The smallest absolute Gasteiger partial charge is 0.333 e. The normalized spacial score (nSPS) is 17.3. The van der Waals surface area contributed by atoms with Crippen LogP contribution in [0.5, 0.6) is 46.0 Å². The topological polar surface area (TPSA) is 305 Å². The molecule has 1 N–H and O–H groups in total. The third-order valence-corrected chi connectivity index (χ3v) is 23.5. The first-order valence-corrected chi connectivity index (χ1v) is 41.7. The molecule has 19 rings (SSSR count). The van der Waals surface area contributed by atoms with Gasteiger partial charge in [0.25, 0.3) is 35.4 Å². The molecule has 0 spiro atoms. The van der Waals surface area contributed by atoms with E-state index < -0.39 is 23.8 Å². The molecule has 9 aliphatic rings. The van der Waals surface area contributed by atoms with Crippen LogP contribution >= 0.6 is 0 Å². The Morgan fingerprint density at radius 3 is 1.02 bits per heavy atom. The summed E-state index contributed by atoms with van der Waals surface area (Å²) in [5.74, 6) is 0.825. The van der Waals surface area contributed by atoms with Crippen LogP contribution < -0.4 is 57.5 Å². The predicted octanol–water partition coefficient (Wildman–Crippen LogP) is 16.3. The van der Waals surface area contributed by atoms with E-state index in [9.17, 15) is 38.4 Å². The van der Waals surface area contributed by atoms with Crippen LogP contribution in [0, 0.1) is 13.8 Å². The zero-order valence-electron chi connectivity index (χ0n) is 69.1. The van der Waals surface area contributed by atoms with Crippen molar-refractivity contribution in [2.45, 2.75) is 141 Å². The zero-order valence-corrected chi connectivity index (χ0v) is 69.1. The van der Waals surface area contributed by atoms with Crippen molar-refractivity contribution in [3.8, 4) is 46.0 Å². The SMILES string of the molecule is COc1cc2c(cc1OCc1cc(COc3cc4c(cc3C)C(=O)N3c5ccccc5C[C@H]3C=N4)cc(OCCCCC(=O)O)c1)N=C[C@@H]1Cc3ccccc3N1C2=O.COc1cc2c(cc1OCc1cc(COc3cc4c(cc3C)C(=O)N3c5ccccc5C[C@H]3C=N4)cc(OCCCCC(=O)ON3C(=O)CCC3=O)c1)N=C[C@@H]1Cc3ccccc3N1C2=O. The molecule has 9 aliphatic heterocycles. The van der Waals surface area contributed by atoms with Crippen molar-refractivity contribution < 1.29 is 86.2 Å². The van der Waals surface area contributed by atoms with E-state index in [1.807, 2.05) is 194 Å². The number of carboxylic acids is 1. The quantitative estimate of drug-likeness (QED) is 0.0369. The largest absolute Gasteiger partial charge is 0.494 e. The van der Waals surface area contributed by atoms with Crippen LogP contribution in [0.1, 0.15) is 148 Å². The van der Waals surface area contributed by atoms with Gasteiger partial charge in [-0.25, -0.2) is 4.79 Å². The summed E-state index contributed by atoms with van der Waals surface area (Å²) >= 11 is 0. The van der Waals surface area contributed by atoms with Gasteiger partial charge in [-0.15, -0.1) is 5.06 Å². The minimum atomic E-state index is -0.841. The van der Waals surface area contributed by atoms with Crippen molar-refractivity contribution in [2.75, 3.05) is 47.0 Å². The number of imide groups is 1. The first kappa shape index (κ1) is 81.3. The molecule has 4 atom stereocenters. The average molecular weight is 1680 g/mol. The second-order valence-electron chi connectivity index (χ2n) is 31.9. The molecule has 632 valence electrons. The summed E-state index contributed by atoms with van der Waals surface area (Å²) in [5, 5.41) is 9.61. The number of fused-ring (bicyclic) bond motifs is 16. The molecule has 1 saturated heterocycles. The molecule has 0 radical (unpaired) electrons. The van der Waals surface area contributed by atoms with Crippen LogP contribution in [0.2, 0.25) is 0 Å². The minimum absolute atomic E-state index is 0.000620. The lowest BCUT2D eigenvalue weighted by Gasteiger charge is -2.22. The molecule has 125 heavy (non-hydrogen) atoms. The molecule has 0 saturated carbocycles. The number of rotatable bonds is 27. The summed E-state index contributed by atoms with van der Waals surface area (Å²) in [7, 11) is 3.06. The number of aliphatic carboxylic acids is 1. The lowest BCUT2D eigenvalue weighted by atomic mass is 10.1. The maximum Gasteiger partial charge on any atom is 0.333 e. The third kappa shape index (κ3) is 16.7. The van der Waals surface area contributed by atoms with Crippen LogP contribution in [-0.4, -0.2) is 134 Å². The second kappa shape index (κ2) is 35.0. The van der Waals surface area contributed by atoms with E-state index in [0.717, 1.165) is 78.4 Å². The van der Waals surface area contributed by atoms with Crippen LogP contribution in [0.4, 0.5) is 45.5 Å². The highest BCUT2D eigenvalue weighted by Gasteiger charge is 2.42. The van der Waals surface area contributed by atoms with Gasteiger partial charge in [-0.05, 0) is 180 Å². The summed E-state index contributed by atoms with van der Waals surface area (Å²) in [4.78, 5) is 134. The molecule has 27 heteroatoms. The first-order valence-electron chi connectivity index (χ1n) is 41.7. The number of ether oxygens (including phenoxy) is 8. The number of hydrogen-bond acceptors (Lipinski definition) is 21. The van der Waals surface area contributed by atoms with Crippen molar-refractivity contribution in [2.24, 2.45) is 20.0 Å². The summed E-state index contributed by atoms with van der Waals surface area (Å²) in [5.41, 5.74) is 16.6. The third-order valence-electron chi connectivity index (χ3n) is 23.5. The van der Waals surface area contributed by atoms with Crippen LogP contribution in [0.3, 0.4) is 0 Å². The van der Waals surface area contributed by atoms with E-state index in [1.165, 1.54) is 14.2 Å². The summed E-state index contributed by atoms with van der Waals surface area (Å²) in [6.45, 7) is 4.95. The second-order valence-corrected chi connectivity index (χ2v) is 31.9. The molecule has 0 unspecified atom stereocenters. The maximum atomic E-state index is 14.0. The number of carbonyl (C=O) groups is 8. The van der Waals surface area contributed by atoms with Gasteiger partial charge >= 0.3 is 11.9 Å². The minimum Gasteiger partial charge on any atom is -0.494 e. The lowest BCUT2D eigenvalue weighted by Crippen LogP contribution is -2.37. The van der Waals surface area contributed by atoms with Gasteiger partial charge in [-0.3, -0.25) is 73.1 Å². The molecule has 6 amide bonds. The highest BCUT2D eigenvalue weighted by molar-refractivity contribution is 6.18. The summed E-state index contributed by atoms with van der Waals surface area (Å²) in [6, 6.07) is 56.5.